The van der Waals surface area contributed by atoms with Crippen molar-refractivity contribution in [3.8, 4) is 0 Å². The van der Waals surface area contributed by atoms with E-state index in [1.165, 1.54) is 70.8 Å². The minimum Gasteiger partial charge on any atom is -0.389 e. The van der Waals surface area contributed by atoms with Crippen molar-refractivity contribution >= 4 is 0 Å². The van der Waals surface area contributed by atoms with E-state index in [0.717, 1.165) is 31.3 Å². The zero-order chi connectivity index (χ0) is 14.5. The van der Waals surface area contributed by atoms with E-state index in [1.54, 1.807) is 0 Å². The van der Waals surface area contributed by atoms with Gasteiger partial charge in [-0.3, -0.25) is 0 Å². The predicted octanol–water partition coefficient (Wildman–Crippen LogP) is 2.97. The number of hydrogen-bond donors (Lipinski definition) is 3. The molecule has 1 saturated heterocycles. The summed E-state index contributed by atoms with van der Waals surface area (Å²) >= 11 is 0. The minimum atomic E-state index is -0.416. The van der Waals surface area contributed by atoms with Crippen molar-refractivity contribution in [1.29, 1.82) is 0 Å². The first kappa shape index (κ1) is 15.8. The summed E-state index contributed by atoms with van der Waals surface area (Å²) in [5.41, 5.74) is -0.416. The zero-order valence-corrected chi connectivity index (χ0v) is 13.6. The van der Waals surface area contributed by atoms with E-state index in [0.29, 0.717) is 6.04 Å². The van der Waals surface area contributed by atoms with Crippen molar-refractivity contribution in [1.82, 2.24) is 10.6 Å². The molecule has 0 spiro atoms. The van der Waals surface area contributed by atoms with Gasteiger partial charge in [-0.15, -0.1) is 0 Å². The summed E-state index contributed by atoms with van der Waals surface area (Å²) in [4.78, 5) is 0. The van der Waals surface area contributed by atoms with E-state index in [9.17, 15) is 5.11 Å². The highest BCUT2D eigenvalue weighted by molar-refractivity contribution is 4.93. The van der Waals surface area contributed by atoms with E-state index >= 15 is 0 Å². The van der Waals surface area contributed by atoms with E-state index in [-0.39, 0.29) is 0 Å². The maximum Gasteiger partial charge on any atom is 0.0771 e. The first-order chi connectivity index (χ1) is 10.3. The maximum atomic E-state index is 10.7. The van der Waals surface area contributed by atoms with E-state index < -0.39 is 5.60 Å². The molecule has 3 aliphatic rings. The molecule has 0 aromatic carbocycles. The second kappa shape index (κ2) is 7.43. The number of hydrogen-bond acceptors (Lipinski definition) is 3. The molecule has 0 bridgehead atoms. The molecule has 2 saturated carbocycles. The van der Waals surface area contributed by atoms with Gasteiger partial charge in [0, 0.05) is 18.6 Å². The fourth-order valence-corrected chi connectivity index (χ4v) is 4.85. The highest BCUT2D eigenvalue weighted by atomic mass is 16.3. The molecule has 3 atom stereocenters. The third kappa shape index (κ3) is 4.20. The smallest absolute Gasteiger partial charge is 0.0771 e. The Kier molecular flexibility index (Phi) is 5.58. The molecule has 0 aromatic heterocycles. The van der Waals surface area contributed by atoms with E-state index in [4.69, 9.17) is 0 Å². The molecule has 122 valence electrons. The number of nitrogens with one attached hydrogen (secondary N) is 2. The van der Waals surface area contributed by atoms with Gasteiger partial charge in [0.25, 0.3) is 0 Å². The average molecular weight is 294 g/mol. The van der Waals surface area contributed by atoms with Crippen LogP contribution in [0.2, 0.25) is 0 Å². The van der Waals surface area contributed by atoms with Crippen LogP contribution in [0.4, 0.5) is 0 Å². The lowest BCUT2D eigenvalue weighted by Crippen LogP contribution is -2.54. The lowest BCUT2D eigenvalue weighted by Gasteiger charge is -2.42. The van der Waals surface area contributed by atoms with Gasteiger partial charge in [0.15, 0.2) is 0 Å². The molecule has 21 heavy (non-hydrogen) atoms. The summed E-state index contributed by atoms with van der Waals surface area (Å²) in [6.45, 7) is 2.03. The third-order valence-corrected chi connectivity index (χ3v) is 6.16. The molecule has 3 nitrogen and oxygen atoms in total. The number of rotatable bonds is 4. The van der Waals surface area contributed by atoms with Crippen LogP contribution in [0.5, 0.6) is 0 Å². The average Bonchev–Trinajstić information content (AvgIpc) is 2.55. The summed E-state index contributed by atoms with van der Waals surface area (Å²) in [7, 11) is 0. The molecule has 3 unspecified atom stereocenters. The van der Waals surface area contributed by atoms with Crippen LogP contribution in [0.15, 0.2) is 0 Å². The van der Waals surface area contributed by atoms with E-state index in [2.05, 4.69) is 10.6 Å². The minimum absolute atomic E-state index is 0.416. The lowest BCUT2D eigenvalue weighted by molar-refractivity contribution is -0.00152. The fourth-order valence-electron chi connectivity index (χ4n) is 4.85. The molecule has 3 N–H and O–H groups in total. The second-order valence-electron chi connectivity index (χ2n) is 7.78. The van der Waals surface area contributed by atoms with Crippen molar-refractivity contribution in [2.75, 3.05) is 13.1 Å². The Bertz CT molecular complexity index is 308. The Balaban J connectivity index is 1.53. The van der Waals surface area contributed by atoms with Crippen LogP contribution in [0.25, 0.3) is 0 Å². The highest BCUT2D eigenvalue weighted by Gasteiger charge is 2.35. The van der Waals surface area contributed by atoms with E-state index in [1.807, 2.05) is 0 Å². The summed E-state index contributed by atoms with van der Waals surface area (Å²) < 4.78 is 0. The van der Waals surface area contributed by atoms with Gasteiger partial charge in [-0.25, -0.2) is 0 Å². The summed E-state index contributed by atoms with van der Waals surface area (Å²) in [6, 6.07) is 1.35. The van der Waals surface area contributed by atoms with Crippen molar-refractivity contribution in [2.24, 2.45) is 5.92 Å². The van der Waals surface area contributed by atoms with Gasteiger partial charge in [-0.1, -0.05) is 38.5 Å². The SMILES string of the molecule is OC1(CNC2CCCCC2C2CCCCN2)CCCCC1. The van der Waals surface area contributed by atoms with Gasteiger partial charge < -0.3 is 15.7 Å². The molecule has 2 aliphatic carbocycles. The lowest BCUT2D eigenvalue weighted by atomic mass is 9.76. The predicted molar refractivity (Wildman–Crippen MR) is 87.4 cm³/mol. The van der Waals surface area contributed by atoms with Crippen molar-refractivity contribution in [2.45, 2.75) is 94.7 Å². The topological polar surface area (TPSA) is 44.3 Å². The zero-order valence-electron chi connectivity index (χ0n) is 13.6. The standard InChI is InChI=1S/C18H34N2O/c21-18(11-5-1-6-12-18)14-20-17-9-3-2-8-15(17)16-10-4-7-13-19-16/h15-17,19-21H,1-14H2. The second-order valence-corrected chi connectivity index (χ2v) is 7.78. The third-order valence-electron chi connectivity index (χ3n) is 6.16. The molecular weight excluding hydrogens is 260 g/mol. The monoisotopic (exact) mass is 294 g/mol. The van der Waals surface area contributed by atoms with Gasteiger partial charge >= 0.3 is 0 Å². The largest absolute Gasteiger partial charge is 0.389 e. The van der Waals surface area contributed by atoms with Crippen LogP contribution in [0, 0.1) is 5.92 Å². The molecule has 0 aromatic rings. The van der Waals surface area contributed by atoms with Crippen molar-refractivity contribution in [3.63, 3.8) is 0 Å². The van der Waals surface area contributed by atoms with Gasteiger partial charge in [0.1, 0.15) is 0 Å². The summed E-state index contributed by atoms with van der Waals surface area (Å²) in [6.07, 6.45) is 15.2. The Hall–Kier alpha value is -0.120. The van der Waals surface area contributed by atoms with Crippen LogP contribution in [0.1, 0.15) is 77.0 Å². The Labute approximate surface area is 130 Å². The Morgan fingerprint density at radius 2 is 1.67 bits per heavy atom. The molecule has 0 radical (unpaired) electrons. The molecule has 3 rings (SSSR count). The summed E-state index contributed by atoms with van der Waals surface area (Å²) in [5.74, 6) is 0.784. The van der Waals surface area contributed by atoms with Crippen LogP contribution in [0.3, 0.4) is 0 Å². The van der Waals surface area contributed by atoms with Gasteiger partial charge in [-0.05, 0) is 51.0 Å². The first-order valence-electron chi connectivity index (χ1n) is 9.46. The van der Waals surface area contributed by atoms with Crippen LogP contribution < -0.4 is 10.6 Å². The van der Waals surface area contributed by atoms with Crippen LogP contribution >= 0.6 is 0 Å². The highest BCUT2D eigenvalue weighted by Crippen LogP contribution is 2.32. The van der Waals surface area contributed by atoms with Crippen molar-refractivity contribution < 1.29 is 5.11 Å². The Morgan fingerprint density at radius 1 is 0.905 bits per heavy atom. The van der Waals surface area contributed by atoms with Gasteiger partial charge in [-0.2, -0.15) is 0 Å². The van der Waals surface area contributed by atoms with Gasteiger partial charge in [0.05, 0.1) is 5.60 Å². The normalized spacial score (nSPS) is 37.3. The maximum absolute atomic E-state index is 10.7. The number of aliphatic hydroxyl groups is 1. The van der Waals surface area contributed by atoms with Crippen molar-refractivity contribution in [3.05, 3.63) is 0 Å². The van der Waals surface area contributed by atoms with Crippen LogP contribution in [-0.4, -0.2) is 35.9 Å². The molecule has 3 heteroatoms. The molecular formula is C18H34N2O. The Morgan fingerprint density at radius 3 is 2.43 bits per heavy atom. The molecule has 1 aliphatic heterocycles. The quantitative estimate of drug-likeness (QED) is 0.747. The number of piperidine rings is 1. The molecule has 3 fully saturated rings. The van der Waals surface area contributed by atoms with Gasteiger partial charge in [0.2, 0.25) is 0 Å². The summed E-state index contributed by atoms with van der Waals surface area (Å²) in [5, 5.41) is 18.3. The fraction of sp³-hybridized carbons (Fsp3) is 1.00. The first-order valence-corrected chi connectivity index (χ1v) is 9.46. The van der Waals surface area contributed by atoms with Crippen LogP contribution in [-0.2, 0) is 0 Å². The molecule has 0 amide bonds. The molecule has 1 heterocycles.